The van der Waals surface area contributed by atoms with Crippen LogP contribution in [0.4, 0.5) is 0 Å². The van der Waals surface area contributed by atoms with Crippen LogP contribution in [0.1, 0.15) is 34.6 Å². The van der Waals surface area contributed by atoms with Crippen LogP contribution in [0.5, 0.6) is 11.5 Å². The van der Waals surface area contributed by atoms with Gasteiger partial charge in [0.15, 0.2) is 5.78 Å². The number of benzene rings is 1. The Labute approximate surface area is 119 Å². The average molecular weight is 289 g/mol. The van der Waals surface area contributed by atoms with Crippen LogP contribution in [-0.4, -0.2) is 23.5 Å². The zero-order valence-corrected chi connectivity index (χ0v) is 11.3. The number of ether oxygens (including phenoxy) is 2. The van der Waals surface area contributed by atoms with Crippen molar-refractivity contribution in [1.29, 1.82) is 0 Å². The molecule has 0 spiro atoms. The highest BCUT2D eigenvalue weighted by molar-refractivity contribution is 6.26. The summed E-state index contributed by atoms with van der Waals surface area (Å²) in [6.45, 7) is 2.31. The van der Waals surface area contributed by atoms with Crippen molar-refractivity contribution < 1.29 is 28.7 Å². The summed E-state index contributed by atoms with van der Waals surface area (Å²) in [7, 11) is 0. The smallest absolute Gasteiger partial charge is 0.308 e. The third-order valence-electron chi connectivity index (χ3n) is 2.66. The normalized spacial score (nSPS) is 13.3. The van der Waals surface area contributed by atoms with E-state index in [1.54, 1.807) is 0 Å². The second-order valence-corrected chi connectivity index (χ2v) is 4.29. The zero-order valence-electron chi connectivity index (χ0n) is 11.3. The molecule has 1 aromatic rings. The minimum absolute atomic E-state index is 0.0875. The third-order valence-corrected chi connectivity index (χ3v) is 2.66. The van der Waals surface area contributed by atoms with Crippen LogP contribution in [-0.2, 0) is 9.59 Å². The molecule has 1 aromatic carbocycles. The lowest BCUT2D eigenvalue weighted by molar-refractivity contribution is -0.133. The maximum Gasteiger partial charge on any atom is 0.308 e. The van der Waals surface area contributed by atoms with E-state index in [9.17, 15) is 19.2 Å². The maximum atomic E-state index is 12.1. The van der Waals surface area contributed by atoms with E-state index < -0.39 is 23.5 Å². The second-order valence-electron chi connectivity index (χ2n) is 4.29. The van der Waals surface area contributed by atoms with E-state index in [1.807, 2.05) is 0 Å². The van der Waals surface area contributed by atoms with Gasteiger partial charge >= 0.3 is 11.9 Å². The number of hydrogen-bond donors (Lipinski definition) is 1. The fourth-order valence-corrected chi connectivity index (χ4v) is 1.94. The fourth-order valence-electron chi connectivity index (χ4n) is 1.94. The van der Waals surface area contributed by atoms with Crippen LogP contribution in [0.3, 0.4) is 0 Å². The first-order valence-electron chi connectivity index (χ1n) is 5.91. The lowest BCUT2D eigenvalue weighted by Crippen LogP contribution is -2.24. The van der Waals surface area contributed by atoms with Crippen molar-refractivity contribution in [2.24, 2.45) is 5.73 Å². The molecule has 1 aliphatic rings. The molecular weight excluding hydrogens is 278 g/mol. The molecule has 0 saturated carbocycles. The molecule has 0 bridgehead atoms. The van der Waals surface area contributed by atoms with Gasteiger partial charge in [0.1, 0.15) is 11.5 Å². The molecular formula is C14H11NO6. The summed E-state index contributed by atoms with van der Waals surface area (Å²) < 4.78 is 9.81. The predicted molar refractivity (Wildman–Crippen MR) is 70.0 cm³/mol. The molecule has 0 atom stereocenters. The Morgan fingerprint density at radius 1 is 0.952 bits per heavy atom. The first-order valence-corrected chi connectivity index (χ1v) is 5.91. The molecule has 2 rings (SSSR count). The van der Waals surface area contributed by atoms with Gasteiger partial charge < -0.3 is 15.2 Å². The van der Waals surface area contributed by atoms with Gasteiger partial charge in [0.05, 0.1) is 16.8 Å². The number of esters is 2. The van der Waals surface area contributed by atoms with Gasteiger partial charge in [-0.15, -0.1) is 0 Å². The molecule has 0 unspecified atom stereocenters. The summed E-state index contributed by atoms with van der Waals surface area (Å²) in [6, 6.07) is 2.54. The quantitative estimate of drug-likeness (QED) is 0.631. The van der Waals surface area contributed by atoms with E-state index in [-0.39, 0.29) is 28.3 Å². The van der Waals surface area contributed by atoms with Gasteiger partial charge in [-0.25, -0.2) is 0 Å². The summed E-state index contributed by atoms with van der Waals surface area (Å²) in [4.78, 5) is 46.3. The number of rotatable bonds is 2. The second kappa shape index (κ2) is 5.20. The number of carbonyl (C=O) groups excluding carboxylic acids is 4. The fraction of sp³-hybridized carbons (Fsp3) is 0.143. The molecule has 0 amide bonds. The van der Waals surface area contributed by atoms with E-state index in [2.05, 4.69) is 0 Å². The topological polar surface area (TPSA) is 113 Å². The molecule has 21 heavy (non-hydrogen) atoms. The van der Waals surface area contributed by atoms with E-state index >= 15 is 0 Å². The number of Topliss-reactive ketones (excluding diaryl/α,β-unsaturated/α-hetero) is 1. The molecule has 7 heteroatoms. The Morgan fingerprint density at radius 2 is 1.43 bits per heavy atom. The van der Waals surface area contributed by atoms with E-state index in [0.29, 0.717) is 0 Å². The molecule has 2 N–H and O–H groups in total. The van der Waals surface area contributed by atoms with Crippen LogP contribution in [0.15, 0.2) is 23.9 Å². The number of fused-ring (bicyclic) bond motifs is 1. The first kappa shape index (κ1) is 14.4. The van der Waals surface area contributed by atoms with Gasteiger partial charge in [-0.05, 0) is 12.1 Å². The minimum atomic E-state index is -0.671. The molecule has 0 heterocycles. The Balaban J connectivity index is 2.70. The monoisotopic (exact) mass is 289 g/mol. The Hall–Kier alpha value is -2.96. The van der Waals surface area contributed by atoms with Gasteiger partial charge in [-0.2, -0.15) is 0 Å². The molecule has 0 aromatic heterocycles. The lowest BCUT2D eigenvalue weighted by atomic mass is 9.91. The summed E-state index contributed by atoms with van der Waals surface area (Å²) in [5, 5.41) is 0. The molecule has 0 aliphatic heterocycles. The van der Waals surface area contributed by atoms with Gasteiger partial charge in [-0.1, -0.05) is 0 Å². The maximum absolute atomic E-state index is 12.1. The zero-order chi connectivity index (χ0) is 15.7. The first-order chi connectivity index (χ1) is 9.81. The van der Waals surface area contributed by atoms with Crippen LogP contribution in [0, 0.1) is 0 Å². The van der Waals surface area contributed by atoms with Crippen LogP contribution in [0.25, 0.3) is 0 Å². The van der Waals surface area contributed by atoms with Crippen molar-refractivity contribution in [1.82, 2.24) is 0 Å². The standard InChI is InChI=1S/C14H11NO6/c1-6(16)20-10-3-4-11(21-7(2)17)13-12(10)9(18)5-8(15)14(13)19/h3-5H,15H2,1-2H3. The molecule has 0 saturated heterocycles. The minimum Gasteiger partial charge on any atom is -0.426 e. The number of hydrogen-bond acceptors (Lipinski definition) is 7. The lowest BCUT2D eigenvalue weighted by Gasteiger charge is -2.18. The molecule has 1 aliphatic carbocycles. The van der Waals surface area contributed by atoms with Crippen molar-refractivity contribution in [2.45, 2.75) is 13.8 Å². The summed E-state index contributed by atoms with van der Waals surface area (Å²) in [5.41, 5.74) is 4.86. The van der Waals surface area contributed by atoms with Gasteiger partial charge in [0.2, 0.25) is 5.78 Å². The predicted octanol–water partition coefficient (Wildman–Crippen LogP) is 0.759. The van der Waals surface area contributed by atoms with Crippen LogP contribution >= 0.6 is 0 Å². The van der Waals surface area contributed by atoms with E-state index in [4.69, 9.17) is 15.2 Å². The van der Waals surface area contributed by atoms with Crippen molar-refractivity contribution in [3.8, 4) is 11.5 Å². The number of carbonyl (C=O) groups is 4. The molecule has 7 nitrogen and oxygen atoms in total. The Kier molecular flexibility index (Phi) is 3.58. The summed E-state index contributed by atoms with van der Waals surface area (Å²) >= 11 is 0. The molecule has 108 valence electrons. The highest BCUT2D eigenvalue weighted by Gasteiger charge is 2.32. The van der Waals surface area contributed by atoms with E-state index in [1.165, 1.54) is 12.1 Å². The number of ketones is 2. The van der Waals surface area contributed by atoms with Crippen molar-refractivity contribution in [3.05, 3.63) is 35.0 Å². The Morgan fingerprint density at radius 3 is 1.90 bits per heavy atom. The SMILES string of the molecule is CC(=O)Oc1ccc(OC(C)=O)c2c1C(=O)C=C(N)C2=O. The van der Waals surface area contributed by atoms with Crippen molar-refractivity contribution in [3.63, 3.8) is 0 Å². The summed E-state index contributed by atoms with van der Waals surface area (Å²) in [5.74, 6) is -2.79. The number of allylic oxidation sites excluding steroid dienone is 2. The van der Waals surface area contributed by atoms with Crippen molar-refractivity contribution in [2.75, 3.05) is 0 Å². The highest BCUT2D eigenvalue weighted by atomic mass is 16.5. The molecule has 0 radical (unpaired) electrons. The average Bonchev–Trinajstić information content (AvgIpc) is 2.36. The third kappa shape index (κ3) is 2.66. The van der Waals surface area contributed by atoms with Gasteiger partial charge in [0, 0.05) is 19.9 Å². The van der Waals surface area contributed by atoms with Crippen LogP contribution < -0.4 is 15.2 Å². The summed E-state index contributed by atoms with van der Waals surface area (Å²) in [6.07, 6.45) is 0.940. The largest absolute Gasteiger partial charge is 0.426 e. The highest BCUT2D eigenvalue weighted by Crippen LogP contribution is 2.35. The van der Waals surface area contributed by atoms with Crippen molar-refractivity contribution >= 4 is 23.5 Å². The van der Waals surface area contributed by atoms with Crippen LogP contribution in [0.2, 0.25) is 0 Å². The van der Waals surface area contributed by atoms with Gasteiger partial charge in [0.25, 0.3) is 0 Å². The van der Waals surface area contributed by atoms with Gasteiger partial charge in [-0.3, -0.25) is 19.2 Å². The van der Waals surface area contributed by atoms with E-state index in [0.717, 1.165) is 19.9 Å². The Bertz CT molecular complexity index is 716. The molecule has 0 fully saturated rings. The number of nitrogens with two attached hydrogens (primary N) is 1.